The standard InChI is InChI=1S/C15H24N4O2/c1-2-3-4-5-12-18-14(17-11-6-8-20-10-11)13-15(19-12)21-9-7-16-13/h11,16H,2-10H2,1H3,(H,17,18,19). The van der Waals surface area contributed by atoms with Gasteiger partial charge in [-0.05, 0) is 12.8 Å². The average Bonchev–Trinajstić information content (AvgIpc) is 3.01. The van der Waals surface area contributed by atoms with Gasteiger partial charge >= 0.3 is 0 Å². The lowest BCUT2D eigenvalue weighted by Gasteiger charge is -2.23. The number of ether oxygens (including phenoxy) is 2. The number of nitrogens with zero attached hydrogens (tertiary/aromatic N) is 2. The number of rotatable bonds is 6. The van der Waals surface area contributed by atoms with Crippen LogP contribution in [0.25, 0.3) is 0 Å². The summed E-state index contributed by atoms with van der Waals surface area (Å²) < 4.78 is 11.1. The molecule has 0 spiro atoms. The highest BCUT2D eigenvalue weighted by atomic mass is 16.5. The van der Waals surface area contributed by atoms with Crippen molar-refractivity contribution in [3.8, 4) is 5.88 Å². The number of aryl methyl sites for hydroxylation is 1. The molecule has 0 saturated carbocycles. The van der Waals surface area contributed by atoms with Gasteiger partial charge in [0.1, 0.15) is 18.1 Å². The van der Waals surface area contributed by atoms with Crippen LogP contribution < -0.4 is 15.4 Å². The molecule has 0 radical (unpaired) electrons. The highest BCUT2D eigenvalue weighted by Crippen LogP contribution is 2.32. The van der Waals surface area contributed by atoms with Crippen molar-refractivity contribution in [1.29, 1.82) is 0 Å². The van der Waals surface area contributed by atoms with Crippen molar-refractivity contribution in [2.75, 3.05) is 37.0 Å². The van der Waals surface area contributed by atoms with Gasteiger partial charge in [0.25, 0.3) is 0 Å². The molecule has 2 N–H and O–H groups in total. The second-order valence-corrected chi connectivity index (χ2v) is 5.61. The lowest BCUT2D eigenvalue weighted by Crippen LogP contribution is -2.25. The van der Waals surface area contributed by atoms with Crippen LogP contribution in [0.5, 0.6) is 5.88 Å². The van der Waals surface area contributed by atoms with Gasteiger partial charge in [-0.3, -0.25) is 0 Å². The van der Waals surface area contributed by atoms with E-state index in [9.17, 15) is 0 Å². The van der Waals surface area contributed by atoms with E-state index in [-0.39, 0.29) is 0 Å². The second-order valence-electron chi connectivity index (χ2n) is 5.61. The van der Waals surface area contributed by atoms with Crippen LogP contribution in [0.2, 0.25) is 0 Å². The highest BCUT2D eigenvalue weighted by Gasteiger charge is 2.22. The van der Waals surface area contributed by atoms with E-state index in [1.165, 1.54) is 12.8 Å². The second kappa shape index (κ2) is 6.93. The minimum atomic E-state index is 0.330. The van der Waals surface area contributed by atoms with Gasteiger partial charge in [-0.1, -0.05) is 19.8 Å². The molecule has 0 bridgehead atoms. The van der Waals surface area contributed by atoms with Crippen LogP contribution in [0.15, 0.2) is 0 Å². The maximum atomic E-state index is 5.69. The van der Waals surface area contributed by atoms with Gasteiger partial charge in [0, 0.05) is 19.6 Å². The molecule has 1 saturated heterocycles. The summed E-state index contributed by atoms with van der Waals surface area (Å²) >= 11 is 0. The number of aromatic nitrogens is 2. The van der Waals surface area contributed by atoms with E-state index in [0.717, 1.165) is 56.4 Å². The van der Waals surface area contributed by atoms with E-state index in [1.807, 2.05) is 0 Å². The molecule has 0 aliphatic carbocycles. The van der Waals surface area contributed by atoms with Crippen molar-refractivity contribution in [2.45, 2.75) is 45.1 Å². The molecule has 6 nitrogen and oxygen atoms in total. The minimum Gasteiger partial charge on any atom is -0.474 e. The molecule has 1 aromatic rings. The topological polar surface area (TPSA) is 68.3 Å². The molecule has 6 heteroatoms. The fourth-order valence-corrected chi connectivity index (χ4v) is 2.66. The van der Waals surface area contributed by atoms with Gasteiger partial charge in [-0.25, -0.2) is 4.98 Å². The summed E-state index contributed by atoms with van der Waals surface area (Å²) in [6, 6.07) is 0.330. The Kier molecular flexibility index (Phi) is 4.75. The van der Waals surface area contributed by atoms with Gasteiger partial charge < -0.3 is 20.1 Å². The number of hydrogen-bond donors (Lipinski definition) is 2. The van der Waals surface area contributed by atoms with Crippen LogP contribution in [0.1, 0.15) is 38.4 Å². The van der Waals surface area contributed by atoms with Gasteiger partial charge in [-0.2, -0.15) is 4.98 Å². The summed E-state index contributed by atoms with van der Waals surface area (Å²) in [5.74, 6) is 2.41. The number of hydrogen-bond acceptors (Lipinski definition) is 6. The molecular weight excluding hydrogens is 268 g/mol. The van der Waals surface area contributed by atoms with E-state index in [0.29, 0.717) is 18.5 Å². The van der Waals surface area contributed by atoms with Crippen LogP contribution in [-0.2, 0) is 11.2 Å². The number of anilines is 2. The summed E-state index contributed by atoms with van der Waals surface area (Å²) in [4.78, 5) is 9.25. The fraction of sp³-hybridized carbons (Fsp3) is 0.733. The molecule has 116 valence electrons. The lowest BCUT2D eigenvalue weighted by atomic mass is 10.2. The normalized spacial score (nSPS) is 20.5. The predicted octanol–water partition coefficient (Wildman–Crippen LogP) is 2.21. The summed E-state index contributed by atoms with van der Waals surface area (Å²) in [6.45, 7) is 5.21. The first-order valence-corrected chi connectivity index (χ1v) is 7.98. The van der Waals surface area contributed by atoms with Crippen molar-refractivity contribution in [3.05, 3.63) is 5.82 Å². The third kappa shape index (κ3) is 3.56. The zero-order chi connectivity index (χ0) is 14.5. The SMILES string of the molecule is CCCCCc1nc(NC2CCOC2)c2c(n1)OCCN2. The van der Waals surface area contributed by atoms with Crippen molar-refractivity contribution in [2.24, 2.45) is 0 Å². The van der Waals surface area contributed by atoms with Crippen LogP contribution >= 0.6 is 0 Å². The molecule has 1 fully saturated rings. The van der Waals surface area contributed by atoms with Crippen LogP contribution in [-0.4, -0.2) is 42.4 Å². The fourth-order valence-electron chi connectivity index (χ4n) is 2.66. The number of fused-ring (bicyclic) bond motifs is 1. The van der Waals surface area contributed by atoms with E-state index >= 15 is 0 Å². The quantitative estimate of drug-likeness (QED) is 0.784. The van der Waals surface area contributed by atoms with Gasteiger partial charge in [0.05, 0.1) is 12.6 Å². The smallest absolute Gasteiger partial charge is 0.243 e. The molecule has 2 aliphatic rings. The molecule has 0 aromatic carbocycles. The van der Waals surface area contributed by atoms with Crippen molar-refractivity contribution < 1.29 is 9.47 Å². The van der Waals surface area contributed by atoms with Crippen LogP contribution in [0.3, 0.4) is 0 Å². The molecule has 1 aromatic heterocycles. The largest absolute Gasteiger partial charge is 0.474 e. The number of unbranched alkanes of at least 4 members (excludes halogenated alkanes) is 2. The molecular formula is C15H24N4O2. The lowest BCUT2D eigenvalue weighted by molar-refractivity contribution is 0.195. The first kappa shape index (κ1) is 14.4. The van der Waals surface area contributed by atoms with Crippen molar-refractivity contribution in [3.63, 3.8) is 0 Å². The van der Waals surface area contributed by atoms with E-state index in [1.54, 1.807) is 0 Å². The molecule has 21 heavy (non-hydrogen) atoms. The van der Waals surface area contributed by atoms with E-state index < -0.39 is 0 Å². The minimum absolute atomic E-state index is 0.330. The summed E-state index contributed by atoms with van der Waals surface area (Å²) in [5, 5.41) is 6.83. The Bertz CT molecular complexity index is 475. The first-order chi connectivity index (χ1) is 10.4. The Labute approximate surface area is 125 Å². The molecule has 3 rings (SSSR count). The van der Waals surface area contributed by atoms with E-state index in [2.05, 4.69) is 22.5 Å². The Morgan fingerprint density at radius 3 is 3.05 bits per heavy atom. The predicted molar refractivity (Wildman–Crippen MR) is 82.1 cm³/mol. The zero-order valence-corrected chi connectivity index (χ0v) is 12.7. The molecule has 1 unspecified atom stereocenters. The summed E-state index contributed by atoms with van der Waals surface area (Å²) in [7, 11) is 0. The Balaban J connectivity index is 1.78. The molecule has 0 amide bonds. The van der Waals surface area contributed by atoms with Crippen LogP contribution in [0.4, 0.5) is 11.5 Å². The van der Waals surface area contributed by atoms with Gasteiger partial charge in [-0.15, -0.1) is 0 Å². The van der Waals surface area contributed by atoms with Crippen molar-refractivity contribution in [1.82, 2.24) is 9.97 Å². The highest BCUT2D eigenvalue weighted by molar-refractivity contribution is 5.71. The van der Waals surface area contributed by atoms with Gasteiger partial charge in [0.2, 0.25) is 5.88 Å². The molecule has 3 heterocycles. The Morgan fingerprint density at radius 2 is 2.24 bits per heavy atom. The van der Waals surface area contributed by atoms with Crippen molar-refractivity contribution >= 4 is 11.5 Å². The first-order valence-electron chi connectivity index (χ1n) is 7.98. The number of nitrogens with one attached hydrogen (secondary N) is 2. The Hall–Kier alpha value is -1.56. The monoisotopic (exact) mass is 292 g/mol. The zero-order valence-electron chi connectivity index (χ0n) is 12.7. The average molecular weight is 292 g/mol. The Morgan fingerprint density at radius 1 is 1.29 bits per heavy atom. The third-order valence-corrected chi connectivity index (χ3v) is 3.84. The molecule has 1 atom stereocenters. The maximum Gasteiger partial charge on any atom is 0.243 e. The van der Waals surface area contributed by atoms with E-state index in [4.69, 9.17) is 14.5 Å². The summed E-state index contributed by atoms with van der Waals surface area (Å²) in [6.07, 6.45) is 5.45. The van der Waals surface area contributed by atoms with Gasteiger partial charge in [0.15, 0.2) is 5.82 Å². The maximum absolute atomic E-state index is 5.69. The van der Waals surface area contributed by atoms with Crippen LogP contribution in [0, 0.1) is 0 Å². The summed E-state index contributed by atoms with van der Waals surface area (Å²) in [5.41, 5.74) is 0.896. The third-order valence-electron chi connectivity index (χ3n) is 3.84. The molecule has 2 aliphatic heterocycles.